The third-order valence-corrected chi connectivity index (χ3v) is 1.56. The van der Waals surface area contributed by atoms with E-state index < -0.39 is 5.97 Å². The van der Waals surface area contributed by atoms with Gasteiger partial charge in [-0.05, 0) is 0 Å². The SMILES string of the molecule is COC(=O)c1cn2ncnc2cn1. The number of hydrogen-bond donors (Lipinski definition) is 0. The largest absolute Gasteiger partial charge is 0.464 e. The lowest BCUT2D eigenvalue weighted by atomic mass is 10.4. The number of methoxy groups -OCH3 is 1. The second-order valence-electron chi connectivity index (χ2n) is 2.33. The lowest BCUT2D eigenvalue weighted by Crippen LogP contribution is -2.06. The van der Waals surface area contributed by atoms with Crippen LogP contribution in [0.3, 0.4) is 0 Å². The van der Waals surface area contributed by atoms with Crippen molar-refractivity contribution in [3.8, 4) is 0 Å². The smallest absolute Gasteiger partial charge is 0.358 e. The minimum atomic E-state index is -0.489. The molecular weight excluding hydrogens is 172 g/mol. The number of ether oxygens (including phenoxy) is 1. The van der Waals surface area contributed by atoms with E-state index in [0.29, 0.717) is 5.65 Å². The van der Waals surface area contributed by atoms with Crippen LogP contribution in [0, 0.1) is 0 Å². The van der Waals surface area contributed by atoms with Gasteiger partial charge >= 0.3 is 5.97 Å². The zero-order valence-electron chi connectivity index (χ0n) is 6.84. The summed E-state index contributed by atoms with van der Waals surface area (Å²) < 4.78 is 5.96. The van der Waals surface area contributed by atoms with Crippen molar-refractivity contribution in [1.29, 1.82) is 0 Å². The van der Waals surface area contributed by atoms with E-state index in [-0.39, 0.29) is 5.69 Å². The number of rotatable bonds is 1. The maximum atomic E-state index is 11.0. The van der Waals surface area contributed by atoms with Crippen LogP contribution >= 0.6 is 0 Å². The normalized spacial score (nSPS) is 10.2. The molecular formula is C7H6N4O2. The molecule has 6 heteroatoms. The van der Waals surface area contributed by atoms with Crippen molar-refractivity contribution in [2.45, 2.75) is 0 Å². The van der Waals surface area contributed by atoms with Gasteiger partial charge in [0.25, 0.3) is 0 Å². The van der Waals surface area contributed by atoms with Crippen molar-refractivity contribution < 1.29 is 9.53 Å². The van der Waals surface area contributed by atoms with Gasteiger partial charge in [0.15, 0.2) is 11.3 Å². The number of fused-ring (bicyclic) bond motifs is 1. The summed E-state index contributed by atoms with van der Waals surface area (Å²) in [6.07, 6.45) is 4.31. The molecule has 0 aliphatic carbocycles. The highest BCUT2D eigenvalue weighted by atomic mass is 16.5. The first-order valence-electron chi connectivity index (χ1n) is 3.55. The predicted octanol–water partition coefficient (Wildman–Crippen LogP) is -0.0891. The first kappa shape index (κ1) is 7.66. The van der Waals surface area contributed by atoms with Gasteiger partial charge in [-0.2, -0.15) is 5.10 Å². The predicted molar refractivity (Wildman–Crippen MR) is 42.1 cm³/mol. The van der Waals surface area contributed by atoms with Crippen LogP contribution in [0.15, 0.2) is 18.7 Å². The Morgan fingerprint density at radius 2 is 2.38 bits per heavy atom. The highest BCUT2D eigenvalue weighted by Gasteiger charge is 2.07. The Kier molecular flexibility index (Phi) is 1.66. The topological polar surface area (TPSA) is 69.4 Å². The summed E-state index contributed by atoms with van der Waals surface area (Å²) in [6.45, 7) is 0. The number of nitrogens with zero attached hydrogens (tertiary/aromatic N) is 4. The number of carbonyl (C=O) groups excluding carboxylic acids is 1. The van der Waals surface area contributed by atoms with Gasteiger partial charge in [-0.15, -0.1) is 0 Å². The Bertz CT molecular complexity index is 450. The molecule has 0 unspecified atom stereocenters. The van der Waals surface area contributed by atoms with Crippen LogP contribution in [0.1, 0.15) is 10.5 Å². The van der Waals surface area contributed by atoms with E-state index in [4.69, 9.17) is 0 Å². The molecule has 0 radical (unpaired) electrons. The summed E-state index contributed by atoms with van der Waals surface area (Å²) in [6, 6.07) is 0. The average molecular weight is 178 g/mol. The molecule has 0 saturated heterocycles. The molecule has 2 aromatic heterocycles. The van der Waals surface area contributed by atoms with E-state index in [1.807, 2.05) is 0 Å². The van der Waals surface area contributed by atoms with E-state index in [1.54, 1.807) is 0 Å². The van der Waals surface area contributed by atoms with Gasteiger partial charge in [0.05, 0.1) is 19.5 Å². The van der Waals surface area contributed by atoms with Crippen molar-refractivity contribution in [3.05, 3.63) is 24.4 Å². The average Bonchev–Trinajstić information content (AvgIpc) is 2.63. The van der Waals surface area contributed by atoms with Crippen LogP contribution < -0.4 is 0 Å². The Morgan fingerprint density at radius 3 is 3.15 bits per heavy atom. The Balaban J connectivity index is 2.54. The molecule has 0 N–H and O–H groups in total. The minimum Gasteiger partial charge on any atom is -0.464 e. The van der Waals surface area contributed by atoms with E-state index in [0.717, 1.165) is 0 Å². The molecule has 2 heterocycles. The third-order valence-electron chi connectivity index (χ3n) is 1.56. The maximum absolute atomic E-state index is 11.0. The molecule has 0 saturated carbocycles. The number of aromatic nitrogens is 4. The molecule has 0 fully saturated rings. The Morgan fingerprint density at radius 1 is 1.54 bits per heavy atom. The van der Waals surface area contributed by atoms with E-state index in [1.165, 1.54) is 30.3 Å². The quantitative estimate of drug-likeness (QED) is 0.571. The molecule has 13 heavy (non-hydrogen) atoms. The monoisotopic (exact) mass is 178 g/mol. The van der Waals surface area contributed by atoms with Crippen molar-refractivity contribution in [2.75, 3.05) is 7.11 Å². The lowest BCUT2D eigenvalue weighted by Gasteiger charge is -1.97. The fourth-order valence-electron chi connectivity index (χ4n) is 0.937. The van der Waals surface area contributed by atoms with Gasteiger partial charge in [0.1, 0.15) is 6.33 Å². The fraction of sp³-hybridized carbons (Fsp3) is 0.143. The lowest BCUT2D eigenvalue weighted by molar-refractivity contribution is 0.0593. The molecule has 0 bridgehead atoms. The third kappa shape index (κ3) is 1.22. The van der Waals surface area contributed by atoms with Crippen LogP contribution in [0.5, 0.6) is 0 Å². The van der Waals surface area contributed by atoms with Gasteiger partial charge in [0, 0.05) is 0 Å². The number of carbonyl (C=O) groups is 1. The molecule has 2 rings (SSSR count). The number of esters is 1. The molecule has 0 spiro atoms. The molecule has 0 aliphatic rings. The van der Waals surface area contributed by atoms with Crippen molar-refractivity contribution in [3.63, 3.8) is 0 Å². The number of hydrogen-bond acceptors (Lipinski definition) is 5. The van der Waals surface area contributed by atoms with Crippen LogP contribution in [-0.2, 0) is 4.74 Å². The highest BCUT2D eigenvalue weighted by molar-refractivity contribution is 5.86. The minimum absolute atomic E-state index is 0.209. The molecule has 0 amide bonds. The maximum Gasteiger partial charge on any atom is 0.358 e. The summed E-state index contributed by atoms with van der Waals surface area (Å²) in [5, 5.41) is 3.85. The summed E-state index contributed by atoms with van der Waals surface area (Å²) in [4.78, 5) is 18.8. The van der Waals surface area contributed by atoms with Crippen LogP contribution in [0.4, 0.5) is 0 Å². The van der Waals surface area contributed by atoms with E-state index in [9.17, 15) is 4.79 Å². The Labute approximate surface area is 73.2 Å². The zero-order chi connectivity index (χ0) is 9.26. The second-order valence-corrected chi connectivity index (χ2v) is 2.33. The van der Waals surface area contributed by atoms with Crippen LogP contribution in [0.2, 0.25) is 0 Å². The summed E-state index contributed by atoms with van der Waals surface area (Å²) in [7, 11) is 1.30. The summed E-state index contributed by atoms with van der Waals surface area (Å²) in [5.41, 5.74) is 0.799. The molecule has 0 atom stereocenters. The van der Waals surface area contributed by atoms with Crippen molar-refractivity contribution in [1.82, 2.24) is 19.6 Å². The van der Waals surface area contributed by atoms with Crippen LogP contribution in [-0.4, -0.2) is 32.7 Å². The molecule has 0 aromatic carbocycles. The van der Waals surface area contributed by atoms with Crippen molar-refractivity contribution >= 4 is 11.6 Å². The van der Waals surface area contributed by atoms with E-state index >= 15 is 0 Å². The van der Waals surface area contributed by atoms with Gasteiger partial charge in [0.2, 0.25) is 0 Å². The standard InChI is InChI=1S/C7H6N4O2/c1-13-7(12)5-3-11-6(2-8-5)9-4-10-11/h2-4H,1H3. The second kappa shape index (κ2) is 2.81. The summed E-state index contributed by atoms with van der Waals surface area (Å²) in [5.74, 6) is -0.489. The van der Waals surface area contributed by atoms with Crippen LogP contribution in [0.25, 0.3) is 5.65 Å². The molecule has 66 valence electrons. The van der Waals surface area contributed by atoms with Gasteiger partial charge in [-0.1, -0.05) is 0 Å². The molecule has 0 aliphatic heterocycles. The van der Waals surface area contributed by atoms with Gasteiger partial charge < -0.3 is 4.74 Å². The van der Waals surface area contributed by atoms with Crippen molar-refractivity contribution in [2.24, 2.45) is 0 Å². The fourth-order valence-corrected chi connectivity index (χ4v) is 0.937. The highest BCUT2D eigenvalue weighted by Crippen LogP contribution is 1.99. The molecule has 2 aromatic rings. The van der Waals surface area contributed by atoms with E-state index in [2.05, 4.69) is 19.8 Å². The zero-order valence-corrected chi connectivity index (χ0v) is 6.84. The van der Waals surface area contributed by atoms with Gasteiger partial charge in [-0.3, -0.25) is 0 Å². The summed E-state index contributed by atoms with van der Waals surface area (Å²) >= 11 is 0. The van der Waals surface area contributed by atoms with Gasteiger partial charge in [-0.25, -0.2) is 19.3 Å². The first-order chi connectivity index (χ1) is 6.31. The first-order valence-corrected chi connectivity index (χ1v) is 3.55. The molecule has 6 nitrogen and oxygen atoms in total. The Hall–Kier alpha value is -1.98.